The largest absolute Gasteiger partial charge is 0.307 e. The molecule has 0 saturated heterocycles. The van der Waals surface area contributed by atoms with E-state index in [0.717, 1.165) is 0 Å². The molecule has 3 nitrogen and oxygen atoms in total. The minimum Gasteiger partial charge on any atom is -0.307 e. The van der Waals surface area contributed by atoms with Crippen molar-refractivity contribution >= 4 is 76.8 Å². The van der Waals surface area contributed by atoms with E-state index in [9.17, 15) is 0 Å². The SMILES string of the molecule is c1ccc2c(c1)c1ccccc1n2-c1ccc(-n2c3ccccc3c3cccc(-n4c5ccccc5c5ccccc54)c32)s1. The lowest BCUT2D eigenvalue weighted by Gasteiger charge is -2.13. The van der Waals surface area contributed by atoms with E-state index in [-0.39, 0.29) is 0 Å². The fourth-order valence-electron chi connectivity index (χ4n) is 7.31. The Morgan fingerprint density at radius 1 is 0.295 bits per heavy atom. The van der Waals surface area contributed by atoms with E-state index < -0.39 is 0 Å². The molecule has 0 spiro atoms. The van der Waals surface area contributed by atoms with Gasteiger partial charge in [-0.3, -0.25) is 4.57 Å². The van der Waals surface area contributed by atoms with Crippen molar-refractivity contribution in [2.75, 3.05) is 0 Å². The number of rotatable bonds is 3. The summed E-state index contributed by atoms with van der Waals surface area (Å²) in [5.41, 5.74) is 8.51. The summed E-state index contributed by atoms with van der Waals surface area (Å²) >= 11 is 1.84. The van der Waals surface area contributed by atoms with Crippen LogP contribution in [-0.2, 0) is 0 Å². The normalized spacial score (nSPS) is 12.1. The van der Waals surface area contributed by atoms with Gasteiger partial charge in [-0.1, -0.05) is 114 Å². The molecule has 10 aromatic rings. The first-order valence-corrected chi connectivity index (χ1v) is 15.8. The molecular weight excluding hydrogens is 555 g/mol. The molecule has 4 heteroatoms. The highest BCUT2D eigenvalue weighted by molar-refractivity contribution is 7.17. The summed E-state index contributed by atoms with van der Waals surface area (Å²) in [4.78, 5) is 0. The first-order valence-electron chi connectivity index (χ1n) is 15.0. The molecule has 0 atom stereocenters. The maximum atomic E-state index is 2.48. The maximum absolute atomic E-state index is 2.48. The molecule has 206 valence electrons. The molecule has 0 bridgehead atoms. The van der Waals surface area contributed by atoms with Crippen molar-refractivity contribution in [1.82, 2.24) is 13.7 Å². The average Bonchev–Trinajstić information content (AvgIpc) is 3.84. The average molecular weight is 580 g/mol. The topological polar surface area (TPSA) is 14.8 Å². The van der Waals surface area contributed by atoms with E-state index in [1.165, 1.54) is 81.1 Å². The van der Waals surface area contributed by atoms with Crippen molar-refractivity contribution < 1.29 is 0 Å². The zero-order valence-electron chi connectivity index (χ0n) is 23.7. The molecule has 10 rings (SSSR count). The number of benzene rings is 6. The molecule has 4 aromatic heterocycles. The Morgan fingerprint density at radius 3 is 1.16 bits per heavy atom. The van der Waals surface area contributed by atoms with Crippen LogP contribution in [-0.4, -0.2) is 13.7 Å². The van der Waals surface area contributed by atoms with Crippen LogP contribution in [0.25, 0.3) is 81.1 Å². The fraction of sp³-hybridized carbons (Fsp3) is 0. The monoisotopic (exact) mass is 579 g/mol. The van der Waals surface area contributed by atoms with Crippen LogP contribution < -0.4 is 0 Å². The van der Waals surface area contributed by atoms with Gasteiger partial charge in [0.05, 0.1) is 38.8 Å². The summed E-state index contributed by atoms with van der Waals surface area (Å²) in [5.74, 6) is 0. The van der Waals surface area contributed by atoms with Crippen LogP contribution in [0.15, 0.2) is 152 Å². The van der Waals surface area contributed by atoms with Crippen LogP contribution in [0.2, 0.25) is 0 Å². The van der Waals surface area contributed by atoms with Crippen molar-refractivity contribution in [1.29, 1.82) is 0 Å². The molecule has 0 aliphatic rings. The van der Waals surface area contributed by atoms with Gasteiger partial charge in [0.2, 0.25) is 0 Å². The van der Waals surface area contributed by atoms with Crippen molar-refractivity contribution in [2.45, 2.75) is 0 Å². The van der Waals surface area contributed by atoms with Gasteiger partial charge in [0.25, 0.3) is 0 Å². The molecule has 0 saturated carbocycles. The summed E-state index contributed by atoms with van der Waals surface area (Å²) in [6, 6.07) is 55.1. The number of para-hydroxylation sites is 6. The van der Waals surface area contributed by atoms with Gasteiger partial charge in [0.15, 0.2) is 0 Å². The van der Waals surface area contributed by atoms with E-state index in [1.54, 1.807) is 0 Å². The van der Waals surface area contributed by atoms with Crippen LogP contribution in [0.1, 0.15) is 0 Å². The highest BCUT2D eigenvalue weighted by Gasteiger charge is 2.21. The van der Waals surface area contributed by atoms with E-state index in [1.807, 2.05) is 11.3 Å². The first kappa shape index (κ1) is 23.9. The Hall–Kier alpha value is -5.58. The number of aromatic nitrogens is 3. The lowest BCUT2D eigenvalue weighted by Crippen LogP contribution is -1.99. The first-order chi connectivity index (χ1) is 21.9. The Balaban J connectivity index is 1.30. The predicted octanol–water partition coefficient (Wildman–Crippen LogP) is 11.0. The second-order valence-corrected chi connectivity index (χ2v) is 12.4. The van der Waals surface area contributed by atoms with E-state index in [2.05, 4.69) is 165 Å². The molecule has 0 aliphatic heterocycles. The molecule has 44 heavy (non-hydrogen) atoms. The Kier molecular flexibility index (Phi) is 4.87. The number of hydrogen-bond acceptors (Lipinski definition) is 1. The van der Waals surface area contributed by atoms with Crippen LogP contribution in [0.3, 0.4) is 0 Å². The fourth-order valence-corrected chi connectivity index (χ4v) is 8.37. The van der Waals surface area contributed by atoms with Gasteiger partial charge >= 0.3 is 0 Å². The van der Waals surface area contributed by atoms with Crippen molar-refractivity contribution in [3.05, 3.63) is 152 Å². The number of thiophene rings is 1. The zero-order chi connectivity index (χ0) is 28.8. The quantitative estimate of drug-likeness (QED) is 0.198. The van der Waals surface area contributed by atoms with Gasteiger partial charge in [-0.25, -0.2) is 0 Å². The zero-order valence-corrected chi connectivity index (χ0v) is 24.5. The number of hydrogen-bond donors (Lipinski definition) is 0. The van der Waals surface area contributed by atoms with E-state index in [0.29, 0.717) is 0 Å². The predicted molar refractivity (Wildman–Crippen MR) is 187 cm³/mol. The van der Waals surface area contributed by atoms with Crippen molar-refractivity contribution in [2.24, 2.45) is 0 Å². The van der Waals surface area contributed by atoms with Crippen LogP contribution in [0.5, 0.6) is 0 Å². The summed E-state index contributed by atoms with van der Waals surface area (Å²) in [7, 11) is 0. The minimum atomic E-state index is 1.18. The van der Waals surface area contributed by atoms with E-state index in [4.69, 9.17) is 0 Å². The lowest BCUT2D eigenvalue weighted by atomic mass is 10.1. The second-order valence-electron chi connectivity index (χ2n) is 11.4. The van der Waals surface area contributed by atoms with Crippen LogP contribution in [0.4, 0.5) is 0 Å². The lowest BCUT2D eigenvalue weighted by molar-refractivity contribution is 1.15. The van der Waals surface area contributed by atoms with Gasteiger partial charge in [-0.15, -0.1) is 0 Å². The van der Waals surface area contributed by atoms with Crippen LogP contribution >= 0.6 is 11.3 Å². The standard InChI is InChI=1S/C40H25N3S/c1-6-18-32-26(12-1)27-13-2-7-19-33(27)41(32)37-23-11-17-31-30-16-5-10-22-36(30)43(40(31)37)39-25-24-38(44-39)42-34-20-8-3-14-28(34)29-15-4-9-21-35(29)42/h1-25H. The number of fused-ring (bicyclic) bond motifs is 9. The van der Waals surface area contributed by atoms with Gasteiger partial charge in [0.1, 0.15) is 10.0 Å². The highest BCUT2D eigenvalue weighted by atomic mass is 32.1. The summed E-state index contributed by atoms with van der Waals surface area (Å²) in [6.07, 6.45) is 0. The third kappa shape index (κ3) is 3.15. The molecule has 0 amide bonds. The molecule has 0 aliphatic carbocycles. The summed E-state index contributed by atoms with van der Waals surface area (Å²) < 4.78 is 7.34. The third-order valence-electron chi connectivity index (χ3n) is 9.09. The molecular formula is C40H25N3S. The smallest absolute Gasteiger partial charge is 0.102 e. The minimum absolute atomic E-state index is 1.18. The van der Waals surface area contributed by atoms with Crippen molar-refractivity contribution in [3.63, 3.8) is 0 Å². The van der Waals surface area contributed by atoms with Gasteiger partial charge in [0, 0.05) is 32.3 Å². The Morgan fingerprint density at radius 2 is 0.659 bits per heavy atom. The van der Waals surface area contributed by atoms with Crippen LogP contribution in [0, 0.1) is 0 Å². The second kappa shape index (κ2) is 8.96. The highest BCUT2D eigenvalue weighted by Crippen LogP contribution is 2.42. The molecule has 0 fully saturated rings. The summed E-state index contributed by atoms with van der Waals surface area (Å²) in [6.45, 7) is 0. The molecule has 0 N–H and O–H groups in total. The van der Waals surface area contributed by atoms with Gasteiger partial charge in [-0.2, -0.15) is 0 Å². The molecule has 0 unspecified atom stereocenters. The molecule has 4 heterocycles. The number of nitrogens with zero attached hydrogens (tertiary/aromatic N) is 3. The van der Waals surface area contributed by atoms with Gasteiger partial charge in [-0.05, 0) is 48.5 Å². The van der Waals surface area contributed by atoms with E-state index >= 15 is 0 Å². The Bertz CT molecular complexity index is 2630. The van der Waals surface area contributed by atoms with Crippen molar-refractivity contribution in [3.8, 4) is 15.7 Å². The Labute approximate surface area is 257 Å². The molecule has 0 radical (unpaired) electrons. The molecule has 6 aromatic carbocycles. The maximum Gasteiger partial charge on any atom is 0.102 e. The third-order valence-corrected chi connectivity index (χ3v) is 10.1. The summed E-state index contributed by atoms with van der Waals surface area (Å²) in [5, 5.41) is 10.0. The van der Waals surface area contributed by atoms with Gasteiger partial charge < -0.3 is 9.13 Å².